The molecule has 0 unspecified atom stereocenters. The molecule has 0 saturated heterocycles. The van der Waals surface area contributed by atoms with Crippen molar-refractivity contribution in [3.63, 3.8) is 0 Å². The van der Waals surface area contributed by atoms with E-state index in [0.29, 0.717) is 11.5 Å². The molecule has 18 heavy (non-hydrogen) atoms. The van der Waals surface area contributed by atoms with Gasteiger partial charge in [-0.3, -0.25) is 10.1 Å². The van der Waals surface area contributed by atoms with Crippen molar-refractivity contribution < 1.29 is 4.92 Å². The average molecular weight is 250 g/mol. The third-order valence-corrected chi connectivity index (χ3v) is 2.92. The number of aromatic nitrogens is 1. The Morgan fingerprint density at radius 1 is 1.44 bits per heavy atom. The van der Waals surface area contributed by atoms with Crippen LogP contribution in [0.15, 0.2) is 12.1 Å². The Kier molecular flexibility index (Phi) is 4.09. The molecule has 0 aliphatic heterocycles. The fraction of sp³-hybridized carbons (Fsp3) is 0.583. The van der Waals surface area contributed by atoms with Crippen LogP contribution in [-0.4, -0.2) is 29.0 Å². The van der Waals surface area contributed by atoms with Crippen molar-refractivity contribution in [2.75, 3.05) is 18.4 Å². The summed E-state index contributed by atoms with van der Waals surface area (Å²) in [6, 6.07) is 3.89. The second-order valence-corrected chi connectivity index (χ2v) is 4.57. The average Bonchev–Trinajstić information content (AvgIpc) is 3.12. The third-order valence-electron chi connectivity index (χ3n) is 2.92. The minimum Gasteiger partial charge on any atom is -0.370 e. The first kappa shape index (κ1) is 12.8. The SMILES string of the molecule is Cc1nc(NCCCNC2CC2)ccc1[N+](=O)[O-]. The van der Waals surface area contributed by atoms with E-state index in [2.05, 4.69) is 15.6 Å². The standard InChI is InChI=1S/C12H18N4O2/c1-9-11(16(17)18)5-6-12(15-9)14-8-2-7-13-10-3-4-10/h5-6,10,13H,2-4,7-8H2,1H3,(H,14,15). The molecule has 98 valence electrons. The number of pyridine rings is 1. The summed E-state index contributed by atoms with van der Waals surface area (Å²) in [4.78, 5) is 14.4. The van der Waals surface area contributed by atoms with Gasteiger partial charge in [-0.15, -0.1) is 0 Å². The molecule has 0 amide bonds. The van der Waals surface area contributed by atoms with E-state index in [1.807, 2.05) is 0 Å². The van der Waals surface area contributed by atoms with Gasteiger partial charge in [-0.2, -0.15) is 0 Å². The Bertz CT molecular complexity index is 432. The van der Waals surface area contributed by atoms with Crippen molar-refractivity contribution in [1.82, 2.24) is 10.3 Å². The van der Waals surface area contributed by atoms with Crippen LogP contribution >= 0.6 is 0 Å². The van der Waals surface area contributed by atoms with Crippen LogP contribution in [0.1, 0.15) is 25.0 Å². The van der Waals surface area contributed by atoms with Gasteiger partial charge in [-0.25, -0.2) is 4.98 Å². The number of nitrogens with zero attached hydrogens (tertiary/aromatic N) is 2. The first-order valence-corrected chi connectivity index (χ1v) is 6.26. The van der Waals surface area contributed by atoms with Gasteiger partial charge >= 0.3 is 0 Å². The number of hydrogen-bond acceptors (Lipinski definition) is 5. The maximum absolute atomic E-state index is 10.6. The molecule has 2 N–H and O–H groups in total. The molecule has 0 aromatic carbocycles. The van der Waals surface area contributed by atoms with Gasteiger partial charge in [0.25, 0.3) is 5.69 Å². The van der Waals surface area contributed by atoms with E-state index in [9.17, 15) is 10.1 Å². The maximum Gasteiger partial charge on any atom is 0.290 e. The Morgan fingerprint density at radius 3 is 2.83 bits per heavy atom. The summed E-state index contributed by atoms with van der Waals surface area (Å²) in [5.74, 6) is 0.699. The zero-order valence-corrected chi connectivity index (χ0v) is 10.5. The third kappa shape index (κ3) is 3.66. The van der Waals surface area contributed by atoms with Gasteiger partial charge in [0.15, 0.2) is 0 Å². The predicted octanol–water partition coefficient (Wildman–Crippen LogP) is 1.85. The first-order valence-electron chi connectivity index (χ1n) is 6.26. The molecule has 0 atom stereocenters. The number of anilines is 1. The lowest BCUT2D eigenvalue weighted by atomic mass is 10.3. The van der Waals surface area contributed by atoms with Gasteiger partial charge in [-0.1, -0.05) is 0 Å². The lowest BCUT2D eigenvalue weighted by Crippen LogP contribution is -2.20. The summed E-state index contributed by atoms with van der Waals surface area (Å²) in [6.45, 7) is 3.48. The smallest absolute Gasteiger partial charge is 0.290 e. The lowest BCUT2D eigenvalue weighted by molar-refractivity contribution is -0.385. The monoisotopic (exact) mass is 250 g/mol. The van der Waals surface area contributed by atoms with Crippen LogP contribution in [0.2, 0.25) is 0 Å². The molecule has 1 aromatic rings. The van der Waals surface area contributed by atoms with E-state index in [4.69, 9.17) is 0 Å². The lowest BCUT2D eigenvalue weighted by Gasteiger charge is -2.07. The molecule has 1 heterocycles. The quantitative estimate of drug-likeness (QED) is 0.438. The molecule has 6 heteroatoms. The molecule has 1 fully saturated rings. The highest BCUT2D eigenvalue weighted by molar-refractivity contribution is 5.44. The normalized spacial score (nSPS) is 14.5. The molecule has 6 nitrogen and oxygen atoms in total. The number of hydrogen-bond donors (Lipinski definition) is 2. The van der Waals surface area contributed by atoms with Crippen LogP contribution in [0.5, 0.6) is 0 Å². The highest BCUT2D eigenvalue weighted by atomic mass is 16.6. The molecule has 1 aromatic heterocycles. The zero-order valence-electron chi connectivity index (χ0n) is 10.5. The van der Waals surface area contributed by atoms with E-state index >= 15 is 0 Å². The van der Waals surface area contributed by atoms with Crippen LogP contribution in [0.25, 0.3) is 0 Å². The summed E-state index contributed by atoms with van der Waals surface area (Å²) in [5, 5.41) is 17.2. The van der Waals surface area contributed by atoms with E-state index in [1.165, 1.54) is 18.9 Å². The summed E-state index contributed by atoms with van der Waals surface area (Å²) in [6.07, 6.45) is 3.63. The van der Waals surface area contributed by atoms with Crippen molar-refractivity contribution in [3.05, 3.63) is 27.9 Å². The van der Waals surface area contributed by atoms with E-state index in [1.54, 1.807) is 13.0 Å². The Balaban J connectivity index is 1.74. The summed E-state index contributed by atoms with van der Waals surface area (Å²) >= 11 is 0. The molecule has 0 bridgehead atoms. The van der Waals surface area contributed by atoms with Crippen LogP contribution < -0.4 is 10.6 Å². The second-order valence-electron chi connectivity index (χ2n) is 4.57. The highest BCUT2D eigenvalue weighted by Gasteiger charge is 2.19. The molecular formula is C12H18N4O2. The fourth-order valence-electron chi connectivity index (χ4n) is 1.74. The molecule has 1 aliphatic rings. The summed E-state index contributed by atoms with van der Waals surface area (Å²) in [7, 11) is 0. The molecular weight excluding hydrogens is 232 g/mol. The van der Waals surface area contributed by atoms with Crippen molar-refractivity contribution in [1.29, 1.82) is 0 Å². The molecule has 0 radical (unpaired) electrons. The minimum absolute atomic E-state index is 0.0657. The Hall–Kier alpha value is -1.69. The van der Waals surface area contributed by atoms with Gasteiger partial charge in [0.05, 0.1) is 4.92 Å². The van der Waals surface area contributed by atoms with Gasteiger partial charge in [-0.05, 0) is 38.8 Å². The second kappa shape index (κ2) is 5.77. The van der Waals surface area contributed by atoms with Crippen molar-refractivity contribution in [2.24, 2.45) is 0 Å². The van der Waals surface area contributed by atoms with Gasteiger partial charge in [0, 0.05) is 18.7 Å². The van der Waals surface area contributed by atoms with E-state index in [-0.39, 0.29) is 5.69 Å². The molecule has 2 rings (SSSR count). The van der Waals surface area contributed by atoms with E-state index in [0.717, 1.165) is 25.6 Å². The Morgan fingerprint density at radius 2 is 2.22 bits per heavy atom. The van der Waals surface area contributed by atoms with Crippen LogP contribution in [-0.2, 0) is 0 Å². The fourth-order valence-corrected chi connectivity index (χ4v) is 1.74. The number of nitro groups is 1. The number of aryl methyl sites for hydroxylation is 1. The van der Waals surface area contributed by atoms with Gasteiger partial charge in [0.1, 0.15) is 11.5 Å². The topological polar surface area (TPSA) is 80.1 Å². The number of rotatable bonds is 7. The van der Waals surface area contributed by atoms with Gasteiger partial charge in [0.2, 0.25) is 0 Å². The van der Waals surface area contributed by atoms with Crippen LogP contribution in [0.4, 0.5) is 11.5 Å². The van der Waals surface area contributed by atoms with Gasteiger partial charge < -0.3 is 10.6 Å². The summed E-state index contributed by atoms with van der Waals surface area (Å²) in [5.41, 5.74) is 0.511. The first-order chi connectivity index (χ1) is 8.66. The predicted molar refractivity (Wildman–Crippen MR) is 69.8 cm³/mol. The molecule has 1 saturated carbocycles. The summed E-state index contributed by atoms with van der Waals surface area (Å²) < 4.78 is 0. The minimum atomic E-state index is -0.411. The van der Waals surface area contributed by atoms with Crippen molar-refractivity contribution in [2.45, 2.75) is 32.2 Å². The molecule has 1 aliphatic carbocycles. The number of nitrogens with one attached hydrogen (secondary N) is 2. The largest absolute Gasteiger partial charge is 0.370 e. The van der Waals surface area contributed by atoms with Crippen molar-refractivity contribution in [3.8, 4) is 0 Å². The molecule has 0 spiro atoms. The van der Waals surface area contributed by atoms with Crippen molar-refractivity contribution >= 4 is 11.5 Å². The Labute approximate surface area is 106 Å². The zero-order chi connectivity index (χ0) is 13.0. The van der Waals surface area contributed by atoms with Crippen LogP contribution in [0.3, 0.4) is 0 Å². The maximum atomic E-state index is 10.6. The highest BCUT2D eigenvalue weighted by Crippen LogP contribution is 2.19. The van der Waals surface area contributed by atoms with E-state index < -0.39 is 4.92 Å². The van der Waals surface area contributed by atoms with Crippen LogP contribution in [0, 0.1) is 17.0 Å².